The third-order valence-corrected chi connectivity index (χ3v) is 8.34. The number of benzene rings is 1. The summed E-state index contributed by atoms with van der Waals surface area (Å²) in [6.07, 6.45) is 6.50. The smallest absolute Gasteiger partial charge is 0.262 e. The average Bonchev–Trinajstić information content (AvgIpc) is 3.42. The van der Waals surface area contributed by atoms with Gasteiger partial charge >= 0.3 is 0 Å². The van der Waals surface area contributed by atoms with Crippen LogP contribution >= 0.6 is 11.8 Å². The van der Waals surface area contributed by atoms with Crippen molar-refractivity contribution in [2.45, 2.75) is 82.6 Å². The Kier molecular flexibility index (Phi) is 9.42. The lowest BCUT2D eigenvalue weighted by atomic mass is 9.81. The van der Waals surface area contributed by atoms with Crippen LogP contribution in [-0.4, -0.2) is 52.4 Å². The van der Waals surface area contributed by atoms with Gasteiger partial charge < -0.3 is 15.4 Å². The Bertz CT molecular complexity index is 1110. The van der Waals surface area contributed by atoms with Crippen LogP contribution in [0.4, 0.5) is 0 Å². The second kappa shape index (κ2) is 12.7. The Labute approximate surface area is 217 Å². The highest BCUT2D eigenvalue weighted by Crippen LogP contribution is 2.31. The predicted octanol–water partition coefficient (Wildman–Crippen LogP) is 3.50. The van der Waals surface area contributed by atoms with E-state index in [9.17, 15) is 14.4 Å². The molecule has 2 amide bonds. The molecule has 196 valence electrons. The van der Waals surface area contributed by atoms with Crippen molar-refractivity contribution in [3.63, 3.8) is 0 Å². The van der Waals surface area contributed by atoms with E-state index >= 15 is 0 Å². The largest absolute Gasteiger partial charge is 0.376 e. The molecule has 2 aromatic rings. The maximum Gasteiger partial charge on any atom is 0.262 e. The molecule has 2 atom stereocenters. The summed E-state index contributed by atoms with van der Waals surface area (Å²) >= 11 is 1.31. The molecule has 1 aliphatic heterocycles. The monoisotopic (exact) mass is 514 g/mol. The number of carbonyl (C=O) groups is 2. The van der Waals surface area contributed by atoms with Crippen LogP contribution in [0.5, 0.6) is 0 Å². The van der Waals surface area contributed by atoms with E-state index in [0.29, 0.717) is 35.1 Å². The van der Waals surface area contributed by atoms with E-state index in [1.807, 2.05) is 32.0 Å². The first-order chi connectivity index (χ1) is 17.4. The van der Waals surface area contributed by atoms with Crippen molar-refractivity contribution in [2.75, 3.05) is 18.9 Å². The lowest BCUT2D eigenvalue weighted by Gasteiger charge is -2.29. The van der Waals surface area contributed by atoms with Crippen molar-refractivity contribution in [1.82, 2.24) is 20.2 Å². The van der Waals surface area contributed by atoms with Crippen molar-refractivity contribution >= 4 is 34.5 Å². The number of para-hydroxylation sites is 1. The van der Waals surface area contributed by atoms with Gasteiger partial charge in [0.1, 0.15) is 0 Å². The fourth-order valence-corrected chi connectivity index (χ4v) is 5.82. The number of nitrogens with one attached hydrogen (secondary N) is 2. The van der Waals surface area contributed by atoms with Crippen molar-refractivity contribution < 1.29 is 14.3 Å². The number of nitrogens with zero attached hydrogens (tertiary/aromatic N) is 2. The van der Waals surface area contributed by atoms with E-state index in [1.54, 1.807) is 10.6 Å². The Hall–Kier alpha value is -2.39. The topological polar surface area (TPSA) is 102 Å². The van der Waals surface area contributed by atoms with E-state index in [2.05, 4.69) is 10.6 Å². The molecule has 8 nitrogen and oxygen atoms in total. The number of thioether (sulfide) groups is 1. The third-order valence-electron chi connectivity index (χ3n) is 7.37. The summed E-state index contributed by atoms with van der Waals surface area (Å²) in [6, 6.07) is 7.48. The number of rotatable bonds is 10. The second-order valence-corrected chi connectivity index (χ2v) is 11.0. The highest BCUT2D eigenvalue weighted by Gasteiger charge is 2.28. The molecule has 0 spiro atoms. The second-order valence-electron chi connectivity index (χ2n) is 10.1. The molecular formula is C27H38N4O4S. The van der Waals surface area contributed by atoms with Gasteiger partial charge in [-0.2, -0.15) is 0 Å². The van der Waals surface area contributed by atoms with Crippen LogP contribution in [0.15, 0.2) is 34.2 Å². The first-order valence-corrected chi connectivity index (χ1v) is 14.2. The van der Waals surface area contributed by atoms with Gasteiger partial charge in [0.15, 0.2) is 5.16 Å². The zero-order chi connectivity index (χ0) is 25.5. The molecule has 2 heterocycles. The molecule has 2 fully saturated rings. The predicted molar refractivity (Wildman–Crippen MR) is 142 cm³/mol. The Morgan fingerprint density at radius 3 is 2.69 bits per heavy atom. The molecule has 0 bridgehead atoms. The number of ether oxygens (including phenoxy) is 1. The van der Waals surface area contributed by atoms with Crippen molar-refractivity contribution in [2.24, 2.45) is 11.8 Å². The van der Waals surface area contributed by atoms with Gasteiger partial charge in [0.2, 0.25) is 11.8 Å². The summed E-state index contributed by atoms with van der Waals surface area (Å²) < 4.78 is 7.35. The van der Waals surface area contributed by atoms with Crippen LogP contribution in [-0.2, 0) is 20.9 Å². The van der Waals surface area contributed by atoms with Crippen LogP contribution in [0, 0.1) is 11.8 Å². The summed E-state index contributed by atoms with van der Waals surface area (Å²) in [7, 11) is 0. The van der Waals surface area contributed by atoms with Crippen molar-refractivity contribution in [3.05, 3.63) is 34.6 Å². The molecule has 36 heavy (non-hydrogen) atoms. The molecule has 0 unspecified atom stereocenters. The lowest BCUT2D eigenvalue weighted by Crippen LogP contribution is -2.38. The minimum atomic E-state index is -0.0677. The number of carbonyl (C=O) groups excluding carboxylic acids is 2. The molecule has 4 rings (SSSR count). The number of amides is 2. The first-order valence-electron chi connectivity index (χ1n) is 13.3. The van der Waals surface area contributed by atoms with Gasteiger partial charge in [0.25, 0.3) is 5.56 Å². The molecule has 2 N–H and O–H groups in total. The fourth-order valence-electron chi connectivity index (χ4n) is 5.00. The van der Waals surface area contributed by atoms with Gasteiger partial charge in [-0.15, -0.1) is 0 Å². The van der Waals surface area contributed by atoms with E-state index in [1.165, 1.54) is 11.8 Å². The molecular weight excluding hydrogens is 476 g/mol. The SMILES string of the molecule is CC[C@@H](C)NC(=O)CSc1nc2ccccc2c(=O)n1CC1CCC(C(=O)NC[C@H]2CCCO2)CC1. The van der Waals surface area contributed by atoms with Crippen LogP contribution in [0.3, 0.4) is 0 Å². The maximum absolute atomic E-state index is 13.4. The van der Waals surface area contributed by atoms with Gasteiger partial charge in [-0.1, -0.05) is 30.8 Å². The normalized spacial score (nSPS) is 22.9. The quantitative estimate of drug-likeness (QED) is 0.372. The first kappa shape index (κ1) is 26.7. The summed E-state index contributed by atoms with van der Waals surface area (Å²) in [4.78, 5) is 43.2. The minimum absolute atomic E-state index is 0.0206. The summed E-state index contributed by atoms with van der Waals surface area (Å²) in [5.74, 6) is 0.593. The maximum atomic E-state index is 13.4. The van der Waals surface area contributed by atoms with Crippen LogP contribution in [0.25, 0.3) is 10.9 Å². The number of hydrogen-bond donors (Lipinski definition) is 2. The fraction of sp³-hybridized carbons (Fsp3) is 0.630. The van der Waals surface area contributed by atoms with E-state index < -0.39 is 0 Å². The highest BCUT2D eigenvalue weighted by molar-refractivity contribution is 7.99. The molecule has 2 aliphatic rings. The number of hydrogen-bond acceptors (Lipinski definition) is 6. The summed E-state index contributed by atoms with van der Waals surface area (Å²) in [5, 5.41) is 7.22. The molecule has 0 radical (unpaired) electrons. The lowest BCUT2D eigenvalue weighted by molar-refractivity contribution is -0.126. The Balaban J connectivity index is 1.40. The molecule has 9 heteroatoms. The molecule has 1 aromatic heterocycles. The average molecular weight is 515 g/mol. The highest BCUT2D eigenvalue weighted by atomic mass is 32.2. The standard InChI is InChI=1S/C27H38N4O4S/c1-3-18(2)29-24(32)17-36-27-30-23-9-5-4-8-22(23)26(34)31(27)16-19-10-12-20(13-11-19)25(33)28-15-21-7-6-14-35-21/h4-5,8-9,18-21H,3,6-7,10-17H2,1-2H3,(H,28,33)(H,29,32)/t18-,19?,20?,21-/m1/s1. The van der Waals surface area contributed by atoms with Gasteiger partial charge in [0.05, 0.1) is 22.8 Å². The van der Waals surface area contributed by atoms with Gasteiger partial charge in [-0.3, -0.25) is 19.0 Å². The zero-order valence-electron chi connectivity index (χ0n) is 21.3. The van der Waals surface area contributed by atoms with Crippen molar-refractivity contribution in [3.8, 4) is 0 Å². The summed E-state index contributed by atoms with van der Waals surface area (Å²) in [6.45, 7) is 5.95. The Morgan fingerprint density at radius 2 is 1.97 bits per heavy atom. The van der Waals surface area contributed by atoms with Crippen molar-refractivity contribution in [1.29, 1.82) is 0 Å². The van der Waals surface area contributed by atoms with Crippen LogP contribution < -0.4 is 16.2 Å². The van der Waals surface area contributed by atoms with E-state index in [-0.39, 0.29) is 41.2 Å². The minimum Gasteiger partial charge on any atom is -0.376 e. The van der Waals surface area contributed by atoms with E-state index in [0.717, 1.165) is 51.6 Å². The molecule has 1 saturated carbocycles. The molecule has 1 aliphatic carbocycles. The molecule has 1 aromatic carbocycles. The summed E-state index contributed by atoms with van der Waals surface area (Å²) in [5.41, 5.74) is 0.581. The third kappa shape index (κ3) is 6.88. The van der Waals surface area contributed by atoms with Gasteiger partial charge in [-0.05, 0) is 69.9 Å². The van der Waals surface area contributed by atoms with Crippen LogP contribution in [0.2, 0.25) is 0 Å². The Morgan fingerprint density at radius 1 is 1.19 bits per heavy atom. The number of aromatic nitrogens is 2. The van der Waals surface area contributed by atoms with Gasteiger partial charge in [0, 0.05) is 31.7 Å². The van der Waals surface area contributed by atoms with E-state index in [4.69, 9.17) is 9.72 Å². The van der Waals surface area contributed by atoms with Gasteiger partial charge in [-0.25, -0.2) is 4.98 Å². The van der Waals surface area contributed by atoms with Crippen LogP contribution in [0.1, 0.15) is 58.8 Å². The number of fused-ring (bicyclic) bond motifs is 1. The molecule has 1 saturated heterocycles. The zero-order valence-corrected chi connectivity index (χ0v) is 22.1.